The summed E-state index contributed by atoms with van der Waals surface area (Å²) in [6, 6.07) is 15.1. The Bertz CT molecular complexity index is 841. The Labute approximate surface area is 175 Å². The molecule has 3 amide bonds. The minimum atomic E-state index is -0.730. The molecule has 8 heteroatoms. The van der Waals surface area contributed by atoms with Gasteiger partial charge in [-0.25, -0.2) is 9.59 Å². The fourth-order valence-electron chi connectivity index (χ4n) is 2.32. The molecule has 0 unspecified atom stereocenters. The fourth-order valence-corrected chi connectivity index (χ4v) is 2.32. The summed E-state index contributed by atoms with van der Waals surface area (Å²) in [5.41, 5.74) is 0.175. The van der Waals surface area contributed by atoms with Crippen LogP contribution in [0.15, 0.2) is 54.6 Å². The Morgan fingerprint density at radius 3 is 2.33 bits per heavy atom. The molecule has 0 bridgehead atoms. The van der Waals surface area contributed by atoms with Gasteiger partial charge in [0.25, 0.3) is 5.91 Å². The summed E-state index contributed by atoms with van der Waals surface area (Å²) in [6.07, 6.45) is 0.726. The van der Waals surface area contributed by atoms with Crippen molar-refractivity contribution >= 4 is 17.9 Å². The van der Waals surface area contributed by atoms with Gasteiger partial charge in [-0.05, 0) is 37.6 Å². The highest BCUT2D eigenvalue weighted by Crippen LogP contribution is 2.19. The first kappa shape index (κ1) is 22.7. The second kappa shape index (κ2) is 12.1. The molecule has 0 fully saturated rings. The average Bonchev–Trinajstić information content (AvgIpc) is 2.75. The van der Waals surface area contributed by atoms with Gasteiger partial charge in [0.1, 0.15) is 30.3 Å². The molecule has 0 aliphatic rings. The number of para-hydroxylation sites is 2. The van der Waals surface area contributed by atoms with E-state index >= 15 is 0 Å². The van der Waals surface area contributed by atoms with Crippen LogP contribution in [0.4, 0.5) is 4.79 Å². The topological polar surface area (TPSA) is 103 Å². The van der Waals surface area contributed by atoms with Crippen LogP contribution in [0.2, 0.25) is 0 Å². The molecule has 160 valence electrons. The Hall–Kier alpha value is -3.55. The third kappa shape index (κ3) is 7.83. The maximum absolute atomic E-state index is 12.3. The third-order valence-electron chi connectivity index (χ3n) is 4.04. The molecule has 8 nitrogen and oxygen atoms in total. The number of imide groups is 1. The minimum Gasteiger partial charge on any atom is -0.490 e. The van der Waals surface area contributed by atoms with E-state index in [9.17, 15) is 14.4 Å². The zero-order valence-corrected chi connectivity index (χ0v) is 17.1. The van der Waals surface area contributed by atoms with Gasteiger partial charge in [-0.1, -0.05) is 37.3 Å². The lowest BCUT2D eigenvalue weighted by molar-refractivity contribution is -0.123. The van der Waals surface area contributed by atoms with Crippen molar-refractivity contribution < 1.29 is 28.6 Å². The molecule has 1 atom stereocenters. The quantitative estimate of drug-likeness (QED) is 0.458. The number of hydrogen-bond donors (Lipinski definition) is 2. The van der Waals surface area contributed by atoms with Crippen LogP contribution in [0.3, 0.4) is 0 Å². The number of rotatable bonds is 10. The number of benzene rings is 2. The van der Waals surface area contributed by atoms with E-state index in [0.717, 1.165) is 12.2 Å². The van der Waals surface area contributed by atoms with E-state index in [4.69, 9.17) is 14.2 Å². The van der Waals surface area contributed by atoms with Crippen molar-refractivity contribution in [3.63, 3.8) is 0 Å². The second-order valence-corrected chi connectivity index (χ2v) is 6.41. The highest BCUT2D eigenvalue weighted by atomic mass is 16.5. The van der Waals surface area contributed by atoms with Gasteiger partial charge >= 0.3 is 12.0 Å². The summed E-state index contributed by atoms with van der Waals surface area (Å²) in [7, 11) is 0. The van der Waals surface area contributed by atoms with E-state index in [2.05, 4.69) is 10.6 Å². The first-order chi connectivity index (χ1) is 14.5. The van der Waals surface area contributed by atoms with Gasteiger partial charge < -0.3 is 19.5 Å². The Morgan fingerprint density at radius 2 is 1.60 bits per heavy atom. The summed E-state index contributed by atoms with van der Waals surface area (Å²) in [6.45, 7) is 3.64. The van der Waals surface area contributed by atoms with E-state index in [1.54, 1.807) is 18.2 Å². The lowest BCUT2D eigenvalue weighted by Crippen LogP contribution is -2.44. The molecule has 2 aromatic rings. The third-order valence-corrected chi connectivity index (χ3v) is 4.04. The van der Waals surface area contributed by atoms with E-state index < -0.39 is 24.5 Å². The van der Waals surface area contributed by atoms with Crippen molar-refractivity contribution in [2.24, 2.45) is 0 Å². The molecule has 2 rings (SSSR count). The number of ether oxygens (including phenoxy) is 3. The number of nitrogens with one attached hydrogen (secondary N) is 2. The summed E-state index contributed by atoms with van der Waals surface area (Å²) in [5, 5.41) is 4.70. The standard InChI is InChI=1S/C22H26N2O6/c1-3-16(2)23-22(27)24-20(25)15-30-21(26)18-11-7-8-12-19(18)29-14-13-28-17-9-5-4-6-10-17/h4-12,16H,3,13-15H2,1-2H3,(H2,23,24,25,27)/t16-/m0/s1. The summed E-state index contributed by atoms with van der Waals surface area (Å²) in [5.74, 6) is -0.419. The molecule has 30 heavy (non-hydrogen) atoms. The summed E-state index contributed by atoms with van der Waals surface area (Å²) >= 11 is 0. The maximum atomic E-state index is 12.3. The lowest BCUT2D eigenvalue weighted by Gasteiger charge is -2.13. The van der Waals surface area contributed by atoms with Crippen molar-refractivity contribution in [1.82, 2.24) is 10.6 Å². The number of urea groups is 1. The average molecular weight is 414 g/mol. The molecule has 0 radical (unpaired) electrons. The molecular weight excluding hydrogens is 388 g/mol. The smallest absolute Gasteiger partial charge is 0.342 e. The van der Waals surface area contributed by atoms with Crippen LogP contribution in [0.1, 0.15) is 30.6 Å². The van der Waals surface area contributed by atoms with Crippen LogP contribution >= 0.6 is 0 Å². The zero-order valence-electron chi connectivity index (χ0n) is 17.1. The van der Waals surface area contributed by atoms with E-state index in [1.807, 2.05) is 44.2 Å². The van der Waals surface area contributed by atoms with Crippen LogP contribution in [-0.4, -0.2) is 43.8 Å². The van der Waals surface area contributed by atoms with Crippen molar-refractivity contribution in [3.8, 4) is 11.5 Å². The van der Waals surface area contributed by atoms with E-state index in [0.29, 0.717) is 12.4 Å². The van der Waals surface area contributed by atoms with Gasteiger partial charge in [0, 0.05) is 6.04 Å². The molecule has 0 aromatic heterocycles. The zero-order chi connectivity index (χ0) is 21.8. The molecule has 0 spiro atoms. The number of amides is 3. The highest BCUT2D eigenvalue weighted by Gasteiger charge is 2.16. The largest absolute Gasteiger partial charge is 0.490 e. The number of esters is 1. The van der Waals surface area contributed by atoms with Gasteiger partial charge in [0.05, 0.1) is 0 Å². The van der Waals surface area contributed by atoms with Crippen molar-refractivity contribution in [2.45, 2.75) is 26.3 Å². The first-order valence-electron chi connectivity index (χ1n) is 9.66. The molecule has 0 saturated heterocycles. The number of hydrogen-bond acceptors (Lipinski definition) is 6. The van der Waals surface area contributed by atoms with Crippen molar-refractivity contribution in [2.75, 3.05) is 19.8 Å². The van der Waals surface area contributed by atoms with Gasteiger partial charge in [-0.2, -0.15) is 0 Å². The van der Waals surface area contributed by atoms with Gasteiger partial charge in [-0.3, -0.25) is 10.1 Å². The van der Waals surface area contributed by atoms with Crippen LogP contribution in [0.25, 0.3) is 0 Å². The molecule has 0 aliphatic carbocycles. The first-order valence-corrected chi connectivity index (χ1v) is 9.66. The van der Waals surface area contributed by atoms with E-state index in [-0.39, 0.29) is 18.2 Å². The molecule has 2 N–H and O–H groups in total. The maximum Gasteiger partial charge on any atom is 0.342 e. The molecule has 0 heterocycles. The predicted octanol–water partition coefficient (Wildman–Crippen LogP) is 2.93. The summed E-state index contributed by atoms with van der Waals surface area (Å²) in [4.78, 5) is 35.7. The van der Waals surface area contributed by atoms with Crippen LogP contribution in [-0.2, 0) is 9.53 Å². The fraction of sp³-hybridized carbons (Fsp3) is 0.318. The van der Waals surface area contributed by atoms with E-state index in [1.165, 1.54) is 6.07 Å². The Kier molecular flexibility index (Phi) is 9.18. The molecular formula is C22H26N2O6. The molecule has 2 aromatic carbocycles. The number of carbonyl (C=O) groups excluding carboxylic acids is 3. The predicted molar refractivity (Wildman–Crippen MR) is 111 cm³/mol. The Balaban J connectivity index is 1.80. The SMILES string of the molecule is CC[C@H](C)NC(=O)NC(=O)COC(=O)c1ccccc1OCCOc1ccccc1. The van der Waals surface area contributed by atoms with Gasteiger partial charge in [0.2, 0.25) is 0 Å². The van der Waals surface area contributed by atoms with Crippen molar-refractivity contribution in [1.29, 1.82) is 0 Å². The Morgan fingerprint density at radius 1 is 0.933 bits per heavy atom. The second-order valence-electron chi connectivity index (χ2n) is 6.41. The lowest BCUT2D eigenvalue weighted by atomic mass is 10.2. The molecule has 0 aliphatic heterocycles. The van der Waals surface area contributed by atoms with Crippen LogP contribution in [0, 0.1) is 0 Å². The van der Waals surface area contributed by atoms with Crippen LogP contribution in [0.5, 0.6) is 11.5 Å². The number of carbonyl (C=O) groups is 3. The monoisotopic (exact) mass is 414 g/mol. The minimum absolute atomic E-state index is 0.0738. The normalized spacial score (nSPS) is 11.1. The summed E-state index contributed by atoms with van der Waals surface area (Å²) < 4.78 is 16.2. The van der Waals surface area contributed by atoms with Gasteiger partial charge in [-0.15, -0.1) is 0 Å². The van der Waals surface area contributed by atoms with Gasteiger partial charge in [0.15, 0.2) is 6.61 Å². The van der Waals surface area contributed by atoms with Crippen LogP contribution < -0.4 is 20.1 Å². The van der Waals surface area contributed by atoms with Crippen molar-refractivity contribution in [3.05, 3.63) is 60.2 Å². The highest BCUT2D eigenvalue weighted by molar-refractivity contribution is 5.97. The molecule has 0 saturated carbocycles.